The van der Waals surface area contributed by atoms with Gasteiger partial charge < -0.3 is 4.74 Å². The summed E-state index contributed by atoms with van der Waals surface area (Å²) in [6.45, 7) is 6.48. The number of rotatable bonds is 3. The summed E-state index contributed by atoms with van der Waals surface area (Å²) in [5, 5.41) is 4.41. The molecule has 112 valence electrons. The summed E-state index contributed by atoms with van der Waals surface area (Å²) < 4.78 is 5.34. The van der Waals surface area contributed by atoms with Gasteiger partial charge in [0.25, 0.3) is 0 Å². The van der Waals surface area contributed by atoms with Gasteiger partial charge in [0.15, 0.2) is 0 Å². The number of hydrogen-bond donors (Lipinski definition) is 0. The summed E-state index contributed by atoms with van der Waals surface area (Å²) >= 11 is 0. The van der Waals surface area contributed by atoms with Crippen molar-refractivity contribution in [1.82, 2.24) is 0 Å². The van der Waals surface area contributed by atoms with E-state index in [0.29, 0.717) is 12.2 Å². The quantitative estimate of drug-likeness (QED) is 0.484. The van der Waals surface area contributed by atoms with Crippen molar-refractivity contribution in [2.75, 3.05) is 6.61 Å². The molecule has 3 rings (SSSR count). The zero-order chi connectivity index (χ0) is 15.7. The van der Waals surface area contributed by atoms with Gasteiger partial charge in [0.1, 0.15) is 0 Å². The van der Waals surface area contributed by atoms with Crippen molar-refractivity contribution in [1.29, 1.82) is 0 Å². The van der Waals surface area contributed by atoms with E-state index in [1.54, 1.807) is 0 Å². The summed E-state index contributed by atoms with van der Waals surface area (Å²) in [6.07, 6.45) is 0. The summed E-state index contributed by atoms with van der Waals surface area (Å²) in [7, 11) is 0. The molecule has 0 saturated heterocycles. The Morgan fingerprint density at radius 2 is 1.41 bits per heavy atom. The van der Waals surface area contributed by atoms with Gasteiger partial charge in [-0.1, -0.05) is 62.4 Å². The standard InChI is InChI=1S/C20H20O2/c1-4-22-20(21)19-17-12-8-6-10-15(17)14-9-5-7-11-16(14)18(19)13(2)3/h5-13H,4H2,1-3H3. The number of fused-ring (bicyclic) bond motifs is 3. The minimum absolute atomic E-state index is 0.229. The maximum Gasteiger partial charge on any atom is 0.339 e. The van der Waals surface area contributed by atoms with Crippen LogP contribution in [0.5, 0.6) is 0 Å². The molecular formula is C20H20O2. The lowest BCUT2D eigenvalue weighted by atomic mass is 9.86. The summed E-state index contributed by atoms with van der Waals surface area (Å²) in [6, 6.07) is 16.4. The van der Waals surface area contributed by atoms with Gasteiger partial charge in [-0.15, -0.1) is 0 Å². The Labute approximate surface area is 130 Å². The minimum atomic E-state index is -0.229. The van der Waals surface area contributed by atoms with Crippen LogP contribution in [0.3, 0.4) is 0 Å². The highest BCUT2D eigenvalue weighted by molar-refractivity contribution is 6.18. The molecule has 3 aromatic carbocycles. The van der Waals surface area contributed by atoms with Gasteiger partial charge >= 0.3 is 5.97 Å². The lowest BCUT2D eigenvalue weighted by Crippen LogP contribution is -2.11. The summed E-state index contributed by atoms with van der Waals surface area (Å²) in [4.78, 5) is 12.6. The Morgan fingerprint density at radius 1 is 0.909 bits per heavy atom. The number of benzene rings is 3. The maximum absolute atomic E-state index is 12.6. The van der Waals surface area contributed by atoms with Crippen LogP contribution in [0.25, 0.3) is 21.5 Å². The fourth-order valence-electron chi connectivity index (χ4n) is 3.19. The van der Waals surface area contributed by atoms with E-state index in [0.717, 1.165) is 21.7 Å². The van der Waals surface area contributed by atoms with Crippen molar-refractivity contribution in [3.8, 4) is 0 Å². The van der Waals surface area contributed by atoms with Crippen LogP contribution in [0, 0.1) is 0 Å². The van der Waals surface area contributed by atoms with Crippen molar-refractivity contribution < 1.29 is 9.53 Å². The van der Waals surface area contributed by atoms with E-state index in [1.165, 1.54) is 5.39 Å². The minimum Gasteiger partial charge on any atom is -0.462 e. The van der Waals surface area contributed by atoms with Gasteiger partial charge in [0.05, 0.1) is 12.2 Å². The number of esters is 1. The molecule has 2 heteroatoms. The first-order chi connectivity index (χ1) is 10.6. The molecule has 0 N–H and O–H groups in total. The molecule has 22 heavy (non-hydrogen) atoms. The van der Waals surface area contributed by atoms with Crippen molar-refractivity contribution in [3.63, 3.8) is 0 Å². The van der Waals surface area contributed by atoms with Crippen molar-refractivity contribution in [3.05, 3.63) is 59.7 Å². The molecule has 0 amide bonds. The van der Waals surface area contributed by atoms with Gasteiger partial charge in [-0.25, -0.2) is 4.79 Å². The van der Waals surface area contributed by atoms with Crippen LogP contribution in [-0.2, 0) is 4.74 Å². The Kier molecular flexibility index (Phi) is 3.84. The normalized spacial score (nSPS) is 11.3. The van der Waals surface area contributed by atoms with Crippen LogP contribution < -0.4 is 0 Å². The van der Waals surface area contributed by atoms with E-state index in [4.69, 9.17) is 4.74 Å². The first-order valence-corrected chi connectivity index (χ1v) is 7.75. The SMILES string of the molecule is CCOC(=O)c1c(C(C)C)c2ccccc2c2ccccc12. The Hall–Kier alpha value is -2.35. The molecular weight excluding hydrogens is 272 g/mol. The highest BCUT2D eigenvalue weighted by Gasteiger charge is 2.22. The van der Waals surface area contributed by atoms with E-state index in [2.05, 4.69) is 32.0 Å². The van der Waals surface area contributed by atoms with Gasteiger partial charge in [-0.2, -0.15) is 0 Å². The average Bonchev–Trinajstić information content (AvgIpc) is 2.53. The first kappa shape index (κ1) is 14.6. The fourth-order valence-corrected chi connectivity index (χ4v) is 3.19. The molecule has 0 aliphatic carbocycles. The highest BCUT2D eigenvalue weighted by atomic mass is 16.5. The van der Waals surface area contributed by atoms with Crippen molar-refractivity contribution >= 4 is 27.5 Å². The smallest absolute Gasteiger partial charge is 0.339 e. The molecule has 0 heterocycles. The third-order valence-electron chi connectivity index (χ3n) is 4.03. The second kappa shape index (κ2) is 5.80. The molecule has 0 spiro atoms. The highest BCUT2D eigenvalue weighted by Crippen LogP contribution is 2.37. The lowest BCUT2D eigenvalue weighted by molar-refractivity contribution is 0.0527. The molecule has 3 aromatic rings. The van der Waals surface area contributed by atoms with Crippen LogP contribution in [-0.4, -0.2) is 12.6 Å². The Bertz CT molecular complexity index is 847. The van der Waals surface area contributed by atoms with E-state index in [-0.39, 0.29) is 11.9 Å². The number of carbonyl (C=O) groups excluding carboxylic acids is 1. The molecule has 0 radical (unpaired) electrons. The Balaban J connectivity index is 2.52. The average molecular weight is 292 g/mol. The fraction of sp³-hybridized carbons (Fsp3) is 0.250. The van der Waals surface area contributed by atoms with Gasteiger partial charge in [0.2, 0.25) is 0 Å². The predicted octanol–water partition coefficient (Wildman–Crippen LogP) is 5.29. The van der Waals surface area contributed by atoms with Crippen LogP contribution in [0.4, 0.5) is 0 Å². The monoisotopic (exact) mass is 292 g/mol. The molecule has 0 aromatic heterocycles. The third-order valence-corrected chi connectivity index (χ3v) is 4.03. The zero-order valence-electron chi connectivity index (χ0n) is 13.2. The van der Waals surface area contributed by atoms with E-state index < -0.39 is 0 Å². The predicted molar refractivity (Wildman–Crippen MR) is 91.5 cm³/mol. The van der Waals surface area contributed by atoms with Crippen LogP contribution in [0.15, 0.2) is 48.5 Å². The largest absolute Gasteiger partial charge is 0.462 e. The second-order valence-electron chi connectivity index (χ2n) is 5.76. The van der Waals surface area contributed by atoms with Crippen molar-refractivity contribution in [2.45, 2.75) is 26.7 Å². The Morgan fingerprint density at radius 3 is 1.95 bits per heavy atom. The molecule has 0 atom stereocenters. The summed E-state index contributed by atoms with van der Waals surface area (Å²) in [5.74, 6) is 0.0158. The molecule has 0 fully saturated rings. The zero-order valence-corrected chi connectivity index (χ0v) is 13.2. The van der Waals surface area contributed by atoms with Crippen LogP contribution >= 0.6 is 0 Å². The lowest BCUT2D eigenvalue weighted by Gasteiger charge is -2.18. The number of hydrogen-bond acceptors (Lipinski definition) is 2. The van der Waals surface area contributed by atoms with Crippen LogP contribution in [0.1, 0.15) is 42.6 Å². The van der Waals surface area contributed by atoms with Gasteiger partial charge in [-0.3, -0.25) is 0 Å². The van der Waals surface area contributed by atoms with E-state index in [1.807, 2.05) is 37.3 Å². The van der Waals surface area contributed by atoms with Gasteiger partial charge in [0, 0.05) is 0 Å². The van der Waals surface area contributed by atoms with E-state index in [9.17, 15) is 4.79 Å². The first-order valence-electron chi connectivity index (χ1n) is 7.75. The molecule has 0 unspecified atom stereocenters. The molecule has 0 aliphatic heterocycles. The second-order valence-corrected chi connectivity index (χ2v) is 5.76. The van der Waals surface area contributed by atoms with Gasteiger partial charge in [-0.05, 0) is 39.9 Å². The molecule has 0 saturated carbocycles. The number of carbonyl (C=O) groups is 1. The van der Waals surface area contributed by atoms with Crippen LogP contribution in [0.2, 0.25) is 0 Å². The molecule has 0 aliphatic rings. The summed E-state index contributed by atoms with van der Waals surface area (Å²) in [5.41, 5.74) is 1.79. The number of ether oxygens (including phenoxy) is 1. The molecule has 0 bridgehead atoms. The maximum atomic E-state index is 12.6. The third kappa shape index (κ3) is 2.25. The molecule has 2 nitrogen and oxygen atoms in total. The van der Waals surface area contributed by atoms with Crippen molar-refractivity contribution in [2.24, 2.45) is 0 Å². The van der Waals surface area contributed by atoms with E-state index >= 15 is 0 Å². The topological polar surface area (TPSA) is 26.3 Å².